The Balaban J connectivity index is 1.61. The number of anilines is 1. The van der Waals surface area contributed by atoms with Gasteiger partial charge in [0.2, 0.25) is 5.91 Å². The summed E-state index contributed by atoms with van der Waals surface area (Å²) in [6, 6.07) is 15.2. The van der Waals surface area contributed by atoms with Crippen LogP contribution in [0, 0.1) is 6.92 Å². The Morgan fingerprint density at radius 2 is 1.92 bits per heavy atom. The minimum absolute atomic E-state index is 0.0868. The fraction of sp³-hybridized carbons (Fsp3) is 0.350. The third-order valence-corrected chi connectivity index (χ3v) is 4.13. The Kier molecular flexibility index (Phi) is 5.49. The van der Waals surface area contributed by atoms with E-state index in [1.54, 1.807) is 0 Å². The van der Waals surface area contributed by atoms with Gasteiger partial charge in [0.15, 0.2) is 5.75 Å². The summed E-state index contributed by atoms with van der Waals surface area (Å²) >= 11 is 0. The van der Waals surface area contributed by atoms with Crippen molar-refractivity contribution in [2.45, 2.75) is 38.7 Å². The molecule has 1 saturated carbocycles. The fourth-order valence-electron chi connectivity index (χ4n) is 2.90. The zero-order valence-corrected chi connectivity index (χ0v) is 14.0. The van der Waals surface area contributed by atoms with Crippen molar-refractivity contribution in [2.75, 3.05) is 11.9 Å². The normalized spacial score (nSPS) is 14.5. The molecular weight excluding hydrogens is 302 g/mol. The molecule has 1 amide bonds. The SMILES string of the molecule is Cc1cccc(Oc2ccccc2NC(=O)COC2CCCC2)c1. The van der Waals surface area contributed by atoms with Crippen LogP contribution < -0.4 is 10.1 Å². The smallest absolute Gasteiger partial charge is 0.250 e. The van der Waals surface area contributed by atoms with E-state index in [4.69, 9.17) is 9.47 Å². The highest BCUT2D eigenvalue weighted by atomic mass is 16.5. The highest BCUT2D eigenvalue weighted by Crippen LogP contribution is 2.29. The summed E-state index contributed by atoms with van der Waals surface area (Å²) in [6.45, 7) is 2.10. The Hall–Kier alpha value is -2.33. The maximum absolute atomic E-state index is 12.1. The van der Waals surface area contributed by atoms with E-state index in [0.717, 1.165) is 24.2 Å². The van der Waals surface area contributed by atoms with Gasteiger partial charge < -0.3 is 14.8 Å². The number of hydrogen-bond donors (Lipinski definition) is 1. The number of carbonyl (C=O) groups excluding carboxylic acids is 1. The van der Waals surface area contributed by atoms with E-state index in [9.17, 15) is 4.79 Å². The van der Waals surface area contributed by atoms with E-state index in [1.165, 1.54) is 12.8 Å². The number of nitrogens with one attached hydrogen (secondary N) is 1. The molecule has 0 bridgehead atoms. The van der Waals surface area contributed by atoms with Gasteiger partial charge in [-0.25, -0.2) is 0 Å². The minimum Gasteiger partial charge on any atom is -0.455 e. The standard InChI is InChI=1S/C20H23NO3/c1-15-7-6-10-17(13-15)24-19-12-5-4-11-18(19)21-20(22)14-23-16-8-2-3-9-16/h4-7,10-13,16H,2-3,8-9,14H2,1H3,(H,21,22). The van der Waals surface area contributed by atoms with E-state index >= 15 is 0 Å². The molecule has 4 nitrogen and oxygen atoms in total. The lowest BCUT2D eigenvalue weighted by atomic mass is 10.2. The van der Waals surface area contributed by atoms with Crippen molar-refractivity contribution in [3.8, 4) is 11.5 Å². The highest BCUT2D eigenvalue weighted by molar-refractivity contribution is 5.93. The molecule has 0 unspecified atom stereocenters. The quantitative estimate of drug-likeness (QED) is 0.838. The summed E-state index contributed by atoms with van der Waals surface area (Å²) in [4.78, 5) is 12.1. The van der Waals surface area contributed by atoms with Gasteiger partial charge in [-0.15, -0.1) is 0 Å². The van der Waals surface area contributed by atoms with Crippen LogP contribution in [0.15, 0.2) is 48.5 Å². The van der Waals surface area contributed by atoms with Gasteiger partial charge in [-0.1, -0.05) is 37.1 Å². The van der Waals surface area contributed by atoms with Gasteiger partial charge in [0.25, 0.3) is 0 Å². The molecule has 1 fully saturated rings. The predicted octanol–water partition coefficient (Wildman–Crippen LogP) is 4.69. The van der Waals surface area contributed by atoms with E-state index < -0.39 is 0 Å². The molecule has 126 valence electrons. The van der Waals surface area contributed by atoms with Crippen molar-refractivity contribution in [2.24, 2.45) is 0 Å². The zero-order chi connectivity index (χ0) is 16.8. The van der Waals surface area contributed by atoms with Crippen LogP contribution in [0.2, 0.25) is 0 Å². The molecule has 1 N–H and O–H groups in total. The van der Waals surface area contributed by atoms with Crippen LogP contribution in [-0.4, -0.2) is 18.6 Å². The van der Waals surface area contributed by atoms with Gasteiger partial charge in [-0.05, 0) is 49.6 Å². The predicted molar refractivity (Wildman–Crippen MR) is 94.5 cm³/mol. The topological polar surface area (TPSA) is 47.6 Å². The number of amides is 1. The lowest BCUT2D eigenvalue weighted by Crippen LogP contribution is -2.22. The molecule has 1 aliphatic rings. The number of para-hydroxylation sites is 2. The Labute approximate surface area is 142 Å². The van der Waals surface area contributed by atoms with E-state index in [2.05, 4.69) is 5.32 Å². The molecule has 0 spiro atoms. The van der Waals surface area contributed by atoms with Crippen LogP contribution in [0.1, 0.15) is 31.2 Å². The van der Waals surface area contributed by atoms with Crippen LogP contribution in [0.5, 0.6) is 11.5 Å². The van der Waals surface area contributed by atoms with Crippen molar-refractivity contribution in [3.63, 3.8) is 0 Å². The van der Waals surface area contributed by atoms with Gasteiger partial charge >= 0.3 is 0 Å². The molecule has 0 saturated heterocycles. The third-order valence-electron chi connectivity index (χ3n) is 4.13. The lowest BCUT2D eigenvalue weighted by molar-refractivity contribution is -0.122. The van der Waals surface area contributed by atoms with Gasteiger partial charge in [0.05, 0.1) is 11.8 Å². The largest absolute Gasteiger partial charge is 0.455 e. The summed E-state index contributed by atoms with van der Waals surface area (Å²) in [5.74, 6) is 1.22. The monoisotopic (exact) mass is 325 g/mol. The number of benzene rings is 2. The second kappa shape index (κ2) is 7.97. The summed E-state index contributed by atoms with van der Waals surface area (Å²) in [5.41, 5.74) is 1.78. The molecule has 24 heavy (non-hydrogen) atoms. The average Bonchev–Trinajstić information content (AvgIpc) is 3.08. The van der Waals surface area contributed by atoms with Gasteiger partial charge in [-0.3, -0.25) is 4.79 Å². The van der Waals surface area contributed by atoms with Crippen molar-refractivity contribution < 1.29 is 14.3 Å². The number of carbonyl (C=O) groups is 1. The van der Waals surface area contributed by atoms with Gasteiger partial charge in [-0.2, -0.15) is 0 Å². The summed E-state index contributed by atoms with van der Waals surface area (Å²) in [5, 5.41) is 2.88. The van der Waals surface area contributed by atoms with Crippen LogP contribution >= 0.6 is 0 Å². The van der Waals surface area contributed by atoms with Crippen molar-refractivity contribution >= 4 is 11.6 Å². The Bertz CT molecular complexity index is 693. The molecule has 0 radical (unpaired) electrons. The molecule has 0 heterocycles. The first-order valence-corrected chi connectivity index (χ1v) is 8.46. The summed E-state index contributed by atoms with van der Waals surface area (Å²) in [7, 11) is 0. The van der Waals surface area contributed by atoms with Gasteiger partial charge in [0.1, 0.15) is 12.4 Å². The third kappa shape index (κ3) is 4.59. The van der Waals surface area contributed by atoms with Crippen molar-refractivity contribution in [1.82, 2.24) is 0 Å². The van der Waals surface area contributed by atoms with E-state index in [0.29, 0.717) is 11.4 Å². The first-order valence-electron chi connectivity index (χ1n) is 8.46. The molecule has 0 atom stereocenters. The van der Waals surface area contributed by atoms with Crippen LogP contribution in [0.4, 0.5) is 5.69 Å². The first kappa shape index (κ1) is 16.5. The molecular formula is C20H23NO3. The van der Waals surface area contributed by atoms with Crippen molar-refractivity contribution in [3.05, 3.63) is 54.1 Å². The maximum Gasteiger partial charge on any atom is 0.250 e. The summed E-state index contributed by atoms with van der Waals surface area (Å²) < 4.78 is 11.6. The molecule has 2 aromatic carbocycles. The number of rotatable bonds is 6. The molecule has 0 aromatic heterocycles. The number of aryl methyl sites for hydroxylation is 1. The average molecular weight is 325 g/mol. The highest BCUT2D eigenvalue weighted by Gasteiger charge is 2.17. The Morgan fingerprint density at radius 3 is 2.71 bits per heavy atom. The van der Waals surface area contributed by atoms with Crippen molar-refractivity contribution in [1.29, 1.82) is 0 Å². The molecule has 1 aliphatic carbocycles. The summed E-state index contributed by atoms with van der Waals surface area (Å²) in [6.07, 6.45) is 4.73. The second-order valence-corrected chi connectivity index (χ2v) is 6.18. The molecule has 3 rings (SSSR count). The van der Waals surface area contributed by atoms with Crippen LogP contribution in [0.3, 0.4) is 0 Å². The van der Waals surface area contributed by atoms with Crippen LogP contribution in [0.25, 0.3) is 0 Å². The Morgan fingerprint density at radius 1 is 1.12 bits per heavy atom. The van der Waals surface area contributed by atoms with Crippen LogP contribution in [-0.2, 0) is 9.53 Å². The number of hydrogen-bond acceptors (Lipinski definition) is 3. The molecule has 0 aliphatic heterocycles. The number of ether oxygens (including phenoxy) is 2. The second-order valence-electron chi connectivity index (χ2n) is 6.18. The zero-order valence-electron chi connectivity index (χ0n) is 14.0. The molecule has 4 heteroatoms. The maximum atomic E-state index is 12.1. The van der Waals surface area contributed by atoms with Gasteiger partial charge in [0, 0.05) is 0 Å². The molecule has 2 aromatic rings. The van der Waals surface area contributed by atoms with E-state index in [-0.39, 0.29) is 18.6 Å². The minimum atomic E-state index is -0.151. The fourth-order valence-corrected chi connectivity index (χ4v) is 2.90. The first-order chi connectivity index (χ1) is 11.7. The lowest BCUT2D eigenvalue weighted by Gasteiger charge is -2.14. The van der Waals surface area contributed by atoms with E-state index in [1.807, 2.05) is 55.5 Å².